The Bertz CT molecular complexity index is 882. The van der Waals surface area contributed by atoms with Gasteiger partial charge < -0.3 is 14.9 Å². The predicted octanol–water partition coefficient (Wildman–Crippen LogP) is 4.15. The lowest BCUT2D eigenvalue weighted by Gasteiger charge is -2.30. The van der Waals surface area contributed by atoms with Gasteiger partial charge in [-0.05, 0) is 43.2 Å². The fourth-order valence-electron chi connectivity index (χ4n) is 4.53. The highest BCUT2D eigenvalue weighted by atomic mass is 35.5. The van der Waals surface area contributed by atoms with Crippen molar-refractivity contribution in [3.05, 3.63) is 40.5 Å². The van der Waals surface area contributed by atoms with E-state index in [0.717, 1.165) is 31.4 Å². The molecular weight excluding hydrogens is 397 g/mol. The van der Waals surface area contributed by atoms with Gasteiger partial charge in [0, 0.05) is 24.1 Å². The van der Waals surface area contributed by atoms with Crippen LogP contribution in [0.5, 0.6) is 0 Å². The Hall–Kier alpha value is -2.06. The largest absolute Gasteiger partial charge is 0.416 e. The van der Waals surface area contributed by atoms with Gasteiger partial charge in [-0.25, -0.2) is 0 Å². The molecule has 2 aliphatic rings. The summed E-state index contributed by atoms with van der Waals surface area (Å²) in [4.78, 5) is 12.6. The number of alkyl halides is 3. The number of fused-ring (bicyclic) bond motifs is 2. The van der Waals surface area contributed by atoms with E-state index in [4.69, 9.17) is 16.1 Å². The molecule has 0 saturated heterocycles. The van der Waals surface area contributed by atoms with Gasteiger partial charge in [-0.1, -0.05) is 28.9 Å². The minimum Gasteiger partial charge on any atom is -0.396 e. The van der Waals surface area contributed by atoms with Crippen molar-refractivity contribution in [3.8, 4) is 11.3 Å². The number of carbonyl (C=O) groups is 1. The summed E-state index contributed by atoms with van der Waals surface area (Å²) in [5.41, 5.74) is -0.620. The standard InChI is InChI=1S/C19H18ClF3N2O3/c20-14-16(18(27)24-15-11-2-1-10(7-11)13(15)8-26)25-28-17(14)9-3-5-12(6-4-9)19(21,22)23/h3-6,10-11,13,15,26H,1-2,7-8H2,(H,24,27)/t10-,11+,13?,15?/m1/s1. The van der Waals surface area contributed by atoms with Gasteiger partial charge in [0.05, 0.1) is 5.56 Å². The average molecular weight is 415 g/mol. The number of hydrogen-bond acceptors (Lipinski definition) is 4. The molecule has 1 aromatic carbocycles. The van der Waals surface area contributed by atoms with E-state index in [1.165, 1.54) is 12.1 Å². The molecule has 2 aromatic rings. The summed E-state index contributed by atoms with van der Waals surface area (Å²) in [7, 11) is 0. The minimum absolute atomic E-state index is 0.00939. The highest BCUT2D eigenvalue weighted by Crippen LogP contribution is 2.48. The maximum Gasteiger partial charge on any atom is 0.416 e. The maximum atomic E-state index is 12.7. The lowest BCUT2D eigenvalue weighted by molar-refractivity contribution is -0.137. The number of aliphatic hydroxyl groups is 1. The Morgan fingerprint density at radius 3 is 2.57 bits per heavy atom. The Labute approximate surface area is 163 Å². The van der Waals surface area contributed by atoms with Crippen LogP contribution in [0.1, 0.15) is 35.3 Å². The second-order valence-electron chi connectivity index (χ2n) is 7.43. The number of aromatic nitrogens is 1. The van der Waals surface area contributed by atoms with E-state index in [2.05, 4.69) is 10.5 Å². The van der Waals surface area contributed by atoms with Gasteiger partial charge in [0.2, 0.25) is 0 Å². The molecule has 150 valence electrons. The van der Waals surface area contributed by atoms with Crippen molar-refractivity contribution in [1.82, 2.24) is 10.5 Å². The van der Waals surface area contributed by atoms with Gasteiger partial charge in [0.25, 0.3) is 5.91 Å². The Kier molecular flexibility index (Phi) is 4.87. The van der Waals surface area contributed by atoms with Crippen molar-refractivity contribution in [1.29, 1.82) is 0 Å². The molecular formula is C19H18ClF3N2O3. The van der Waals surface area contributed by atoms with Crippen LogP contribution in [0, 0.1) is 17.8 Å². The molecule has 2 unspecified atom stereocenters. The van der Waals surface area contributed by atoms with E-state index in [1.54, 1.807) is 0 Å². The molecule has 1 aromatic heterocycles. The number of rotatable bonds is 4. The Balaban J connectivity index is 1.53. The first-order valence-corrected chi connectivity index (χ1v) is 9.42. The molecule has 0 spiro atoms. The molecule has 2 bridgehead atoms. The van der Waals surface area contributed by atoms with E-state index in [9.17, 15) is 23.1 Å². The number of benzene rings is 1. The normalized spacial score (nSPS) is 26.6. The van der Waals surface area contributed by atoms with Gasteiger partial charge in [-0.3, -0.25) is 4.79 Å². The summed E-state index contributed by atoms with van der Waals surface area (Å²) < 4.78 is 43.2. The van der Waals surface area contributed by atoms with Crippen LogP contribution in [0.2, 0.25) is 5.02 Å². The second-order valence-corrected chi connectivity index (χ2v) is 7.81. The highest BCUT2D eigenvalue weighted by molar-refractivity contribution is 6.35. The van der Waals surface area contributed by atoms with Gasteiger partial charge in [-0.15, -0.1) is 0 Å². The van der Waals surface area contributed by atoms with Crippen LogP contribution in [-0.2, 0) is 6.18 Å². The Morgan fingerprint density at radius 1 is 1.25 bits per heavy atom. The smallest absolute Gasteiger partial charge is 0.396 e. The summed E-state index contributed by atoms with van der Waals surface area (Å²) in [6, 6.07) is 4.12. The molecule has 9 heteroatoms. The van der Waals surface area contributed by atoms with Gasteiger partial charge in [0.1, 0.15) is 5.02 Å². The van der Waals surface area contributed by atoms with Crippen LogP contribution < -0.4 is 5.32 Å². The van der Waals surface area contributed by atoms with Crippen molar-refractivity contribution < 1.29 is 27.6 Å². The first-order valence-electron chi connectivity index (χ1n) is 9.04. The quantitative estimate of drug-likeness (QED) is 0.788. The summed E-state index contributed by atoms with van der Waals surface area (Å²) >= 11 is 6.23. The molecule has 0 aliphatic heterocycles. The first-order chi connectivity index (χ1) is 13.3. The summed E-state index contributed by atoms with van der Waals surface area (Å²) in [6.45, 7) is 0.00939. The topological polar surface area (TPSA) is 75.4 Å². The maximum absolute atomic E-state index is 12.7. The monoisotopic (exact) mass is 414 g/mol. The SMILES string of the molecule is O=C(NC1C(CO)[C@@H]2CC[C@H]1C2)c1noc(-c2ccc(C(F)(F)F)cc2)c1Cl. The second kappa shape index (κ2) is 7.08. The first kappa shape index (κ1) is 19.3. The van der Waals surface area contributed by atoms with Crippen molar-refractivity contribution >= 4 is 17.5 Å². The van der Waals surface area contributed by atoms with Crippen LogP contribution in [-0.4, -0.2) is 28.8 Å². The molecule has 5 nitrogen and oxygen atoms in total. The van der Waals surface area contributed by atoms with E-state index in [-0.39, 0.29) is 40.6 Å². The number of hydrogen-bond donors (Lipinski definition) is 2. The van der Waals surface area contributed by atoms with Crippen molar-refractivity contribution in [3.63, 3.8) is 0 Å². The molecule has 1 amide bonds. The van der Waals surface area contributed by atoms with Crippen LogP contribution in [0.15, 0.2) is 28.8 Å². The number of halogens is 4. The number of nitrogens with zero attached hydrogens (tertiary/aromatic N) is 1. The third-order valence-electron chi connectivity index (χ3n) is 5.92. The fourth-order valence-corrected chi connectivity index (χ4v) is 4.79. The van der Waals surface area contributed by atoms with E-state index < -0.39 is 17.6 Å². The van der Waals surface area contributed by atoms with E-state index in [0.29, 0.717) is 11.8 Å². The van der Waals surface area contributed by atoms with Gasteiger partial charge in [0.15, 0.2) is 11.5 Å². The third kappa shape index (κ3) is 3.28. The molecule has 28 heavy (non-hydrogen) atoms. The van der Waals surface area contributed by atoms with Crippen molar-refractivity contribution in [2.45, 2.75) is 31.5 Å². The zero-order valence-corrected chi connectivity index (χ0v) is 15.4. The highest BCUT2D eigenvalue weighted by Gasteiger charge is 2.48. The number of nitrogens with one attached hydrogen (secondary N) is 1. The molecule has 2 fully saturated rings. The summed E-state index contributed by atoms with van der Waals surface area (Å²) in [5, 5.41) is 16.2. The zero-order chi connectivity index (χ0) is 20.1. The molecule has 1 heterocycles. The van der Waals surface area contributed by atoms with E-state index >= 15 is 0 Å². The van der Waals surface area contributed by atoms with Gasteiger partial charge >= 0.3 is 6.18 Å². The lowest BCUT2D eigenvalue weighted by atomic mass is 9.85. The van der Waals surface area contributed by atoms with Crippen molar-refractivity contribution in [2.24, 2.45) is 17.8 Å². The number of aliphatic hydroxyl groups excluding tert-OH is 1. The van der Waals surface area contributed by atoms with Crippen LogP contribution in [0.25, 0.3) is 11.3 Å². The van der Waals surface area contributed by atoms with Crippen LogP contribution in [0.3, 0.4) is 0 Å². The minimum atomic E-state index is -4.45. The zero-order valence-electron chi connectivity index (χ0n) is 14.7. The molecule has 4 rings (SSSR count). The lowest BCUT2D eigenvalue weighted by Crippen LogP contribution is -2.45. The van der Waals surface area contributed by atoms with Crippen LogP contribution >= 0.6 is 11.6 Å². The average Bonchev–Trinajstić information content (AvgIpc) is 3.35. The molecule has 2 saturated carbocycles. The predicted molar refractivity (Wildman–Crippen MR) is 94.6 cm³/mol. The third-order valence-corrected chi connectivity index (χ3v) is 6.27. The van der Waals surface area contributed by atoms with Gasteiger partial charge in [-0.2, -0.15) is 13.2 Å². The molecule has 4 atom stereocenters. The summed E-state index contributed by atoms with van der Waals surface area (Å²) in [5.74, 6) is 0.278. The number of carbonyl (C=O) groups excluding carboxylic acids is 1. The molecule has 2 aliphatic carbocycles. The molecule has 2 N–H and O–H groups in total. The Morgan fingerprint density at radius 2 is 1.93 bits per heavy atom. The van der Waals surface area contributed by atoms with E-state index in [1.807, 2.05) is 0 Å². The summed E-state index contributed by atoms with van der Waals surface area (Å²) in [6.07, 6.45) is -1.39. The fraction of sp³-hybridized carbons (Fsp3) is 0.474. The molecule has 0 radical (unpaired) electrons. The van der Waals surface area contributed by atoms with Crippen LogP contribution in [0.4, 0.5) is 13.2 Å². The van der Waals surface area contributed by atoms with Crippen molar-refractivity contribution in [2.75, 3.05) is 6.61 Å². The number of amides is 1.